The van der Waals surface area contributed by atoms with Crippen LogP contribution in [-0.4, -0.2) is 4.98 Å². The van der Waals surface area contributed by atoms with E-state index < -0.39 is 0 Å². The van der Waals surface area contributed by atoms with Crippen molar-refractivity contribution in [1.29, 1.82) is 0 Å². The molecule has 0 spiro atoms. The van der Waals surface area contributed by atoms with Gasteiger partial charge in [0.1, 0.15) is 5.82 Å². The molecule has 106 valence electrons. The molecule has 1 aromatic heterocycles. The summed E-state index contributed by atoms with van der Waals surface area (Å²) in [5.74, 6) is 5.27. The summed E-state index contributed by atoms with van der Waals surface area (Å²) in [6, 6.07) is 13.2. The van der Waals surface area contributed by atoms with Gasteiger partial charge in [-0.25, -0.2) is 9.82 Å². The van der Waals surface area contributed by atoms with Crippen molar-refractivity contribution in [2.45, 2.75) is 6.04 Å². The summed E-state index contributed by atoms with van der Waals surface area (Å²) in [7, 11) is 0. The highest BCUT2D eigenvalue weighted by Crippen LogP contribution is 2.26. The molecule has 5 heteroatoms. The lowest BCUT2D eigenvalue weighted by molar-refractivity contribution is 0.598. The highest BCUT2D eigenvalue weighted by Gasteiger charge is 2.14. The van der Waals surface area contributed by atoms with Gasteiger partial charge in [-0.05, 0) is 46.2 Å². The summed E-state index contributed by atoms with van der Waals surface area (Å²) in [5, 5.41) is 2.22. The van der Waals surface area contributed by atoms with Crippen LogP contribution >= 0.6 is 15.9 Å². The number of halogens is 2. The maximum Gasteiger partial charge on any atom is 0.141 e. The predicted octanol–water partition coefficient (Wildman–Crippen LogP) is 3.69. The Morgan fingerprint density at radius 2 is 1.76 bits per heavy atom. The zero-order valence-electron chi connectivity index (χ0n) is 11.1. The van der Waals surface area contributed by atoms with Crippen molar-refractivity contribution in [2.24, 2.45) is 5.84 Å². The second-order valence-electron chi connectivity index (χ2n) is 4.79. The summed E-state index contributed by atoms with van der Waals surface area (Å²) in [4.78, 5) is 3.88. The summed E-state index contributed by atoms with van der Waals surface area (Å²) >= 11 is 3.46. The molecule has 3 N–H and O–H groups in total. The van der Waals surface area contributed by atoms with Gasteiger partial charge in [0.25, 0.3) is 0 Å². The third-order valence-electron chi connectivity index (χ3n) is 3.39. The fourth-order valence-electron chi connectivity index (χ4n) is 2.39. The standard InChI is InChI=1S/C16H13BrFN3/c17-14-4-3-10-5-12(2-1-11(10)6-14)16(21-19)13-7-15(18)9-20-8-13/h1-9,16,21H,19H2. The van der Waals surface area contributed by atoms with Gasteiger partial charge in [0.2, 0.25) is 0 Å². The number of nitrogens with zero attached hydrogens (tertiary/aromatic N) is 1. The van der Waals surface area contributed by atoms with Crippen molar-refractivity contribution in [2.75, 3.05) is 0 Å². The zero-order chi connectivity index (χ0) is 14.8. The van der Waals surface area contributed by atoms with Gasteiger partial charge >= 0.3 is 0 Å². The fraction of sp³-hybridized carbons (Fsp3) is 0.0625. The quantitative estimate of drug-likeness (QED) is 0.562. The maximum absolute atomic E-state index is 13.3. The number of nitrogens with one attached hydrogen (secondary N) is 1. The van der Waals surface area contributed by atoms with E-state index in [0.29, 0.717) is 5.56 Å². The fourth-order valence-corrected chi connectivity index (χ4v) is 2.76. The van der Waals surface area contributed by atoms with Crippen molar-refractivity contribution < 1.29 is 4.39 Å². The van der Waals surface area contributed by atoms with E-state index in [1.807, 2.05) is 36.4 Å². The molecule has 21 heavy (non-hydrogen) atoms. The van der Waals surface area contributed by atoms with E-state index >= 15 is 0 Å². The molecule has 3 aromatic rings. The Kier molecular flexibility index (Phi) is 3.96. The highest BCUT2D eigenvalue weighted by molar-refractivity contribution is 9.10. The average Bonchev–Trinajstić information content (AvgIpc) is 2.48. The highest BCUT2D eigenvalue weighted by atomic mass is 79.9. The van der Waals surface area contributed by atoms with Crippen molar-refractivity contribution in [3.63, 3.8) is 0 Å². The van der Waals surface area contributed by atoms with Crippen LogP contribution in [0, 0.1) is 5.82 Å². The van der Waals surface area contributed by atoms with Gasteiger partial charge in [-0.15, -0.1) is 0 Å². The van der Waals surface area contributed by atoms with Gasteiger partial charge in [0.05, 0.1) is 12.2 Å². The molecule has 0 aliphatic carbocycles. The second kappa shape index (κ2) is 5.89. The van der Waals surface area contributed by atoms with Crippen LogP contribution in [0.3, 0.4) is 0 Å². The number of benzene rings is 2. The molecule has 0 aliphatic rings. The number of hydrazine groups is 1. The summed E-state index contributed by atoms with van der Waals surface area (Å²) in [6.07, 6.45) is 2.79. The van der Waals surface area contributed by atoms with Crippen molar-refractivity contribution >= 4 is 26.7 Å². The molecule has 0 saturated heterocycles. The van der Waals surface area contributed by atoms with Gasteiger partial charge in [-0.2, -0.15) is 0 Å². The average molecular weight is 346 g/mol. The van der Waals surface area contributed by atoms with E-state index in [1.165, 1.54) is 12.3 Å². The lowest BCUT2D eigenvalue weighted by Crippen LogP contribution is -2.29. The number of hydrogen-bond donors (Lipinski definition) is 2. The monoisotopic (exact) mass is 345 g/mol. The molecule has 2 aromatic carbocycles. The normalized spacial score (nSPS) is 12.5. The molecule has 3 rings (SSSR count). The molecule has 0 amide bonds. The van der Waals surface area contributed by atoms with Crippen LogP contribution < -0.4 is 11.3 Å². The number of hydrogen-bond acceptors (Lipinski definition) is 3. The Morgan fingerprint density at radius 1 is 1.00 bits per heavy atom. The number of pyridine rings is 1. The molecule has 0 aliphatic heterocycles. The Balaban J connectivity index is 2.06. The summed E-state index contributed by atoms with van der Waals surface area (Å²) < 4.78 is 14.4. The summed E-state index contributed by atoms with van der Waals surface area (Å²) in [5.41, 5.74) is 4.37. The van der Waals surface area contributed by atoms with Gasteiger partial charge in [0.15, 0.2) is 0 Å². The topological polar surface area (TPSA) is 50.9 Å². The van der Waals surface area contributed by atoms with Crippen LogP contribution in [0.5, 0.6) is 0 Å². The lowest BCUT2D eigenvalue weighted by Gasteiger charge is -2.17. The second-order valence-corrected chi connectivity index (χ2v) is 5.70. The first-order valence-corrected chi connectivity index (χ1v) is 7.22. The van der Waals surface area contributed by atoms with Crippen molar-refractivity contribution in [3.05, 3.63) is 76.3 Å². The van der Waals surface area contributed by atoms with Crippen LogP contribution in [-0.2, 0) is 0 Å². The zero-order valence-corrected chi connectivity index (χ0v) is 12.6. The van der Waals surface area contributed by atoms with E-state index in [2.05, 4.69) is 26.3 Å². The largest absolute Gasteiger partial charge is 0.271 e. The summed E-state index contributed by atoms with van der Waals surface area (Å²) in [6.45, 7) is 0. The van der Waals surface area contributed by atoms with Crippen molar-refractivity contribution in [3.8, 4) is 0 Å². The van der Waals surface area contributed by atoms with E-state index in [4.69, 9.17) is 5.84 Å². The minimum absolute atomic E-state index is 0.304. The predicted molar refractivity (Wildman–Crippen MR) is 85.0 cm³/mol. The smallest absolute Gasteiger partial charge is 0.141 e. The number of rotatable bonds is 3. The Hall–Kier alpha value is -1.82. The SMILES string of the molecule is NNC(c1cncc(F)c1)c1ccc2cc(Br)ccc2c1. The van der Waals surface area contributed by atoms with Crippen LogP contribution in [0.15, 0.2) is 59.3 Å². The van der Waals surface area contributed by atoms with Gasteiger partial charge in [-0.1, -0.05) is 34.1 Å². The van der Waals surface area contributed by atoms with Gasteiger partial charge < -0.3 is 0 Å². The van der Waals surface area contributed by atoms with Crippen LogP contribution in [0.2, 0.25) is 0 Å². The van der Waals surface area contributed by atoms with Crippen LogP contribution in [0.1, 0.15) is 17.2 Å². The van der Waals surface area contributed by atoms with Gasteiger partial charge in [-0.3, -0.25) is 10.8 Å². The van der Waals surface area contributed by atoms with Crippen LogP contribution in [0.25, 0.3) is 10.8 Å². The maximum atomic E-state index is 13.3. The molecule has 0 bridgehead atoms. The third-order valence-corrected chi connectivity index (χ3v) is 3.88. The number of fused-ring (bicyclic) bond motifs is 1. The molecule has 1 unspecified atom stereocenters. The first-order valence-electron chi connectivity index (χ1n) is 6.43. The van der Waals surface area contributed by atoms with Crippen molar-refractivity contribution in [1.82, 2.24) is 10.4 Å². The number of aromatic nitrogens is 1. The molecule has 0 fully saturated rings. The lowest BCUT2D eigenvalue weighted by atomic mass is 9.98. The Labute approximate surface area is 130 Å². The van der Waals surface area contributed by atoms with E-state index in [0.717, 1.165) is 20.8 Å². The number of nitrogens with two attached hydrogens (primary N) is 1. The molecular formula is C16H13BrFN3. The molecular weight excluding hydrogens is 333 g/mol. The minimum atomic E-state index is -0.377. The first-order chi connectivity index (χ1) is 10.2. The molecule has 1 atom stereocenters. The molecule has 0 saturated carbocycles. The molecule has 1 heterocycles. The Morgan fingerprint density at radius 3 is 2.52 bits per heavy atom. The van der Waals surface area contributed by atoms with E-state index in [-0.39, 0.29) is 11.9 Å². The van der Waals surface area contributed by atoms with Gasteiger partial charge in [0, 0.05) is 10.7 Å². The molecule has 0 radical (unpaired) electrons. The van der Waals surface area contributed by atoms with E-state index in [1.54, 1.807) is 6.20 Å². The third kappa shape index (κ3) is 2.95. The minimum Gasteiger partial charge on any atom is -0.271 e. The Bertz CT molecular complexity index is 791. The first kappa shape index (κ1) is 14.1. The van der Waals surface area contributed by atoms with Crippen LogP contribution in [0.4, 0.5) is 4.39 Å². The molecule has 3 nitrogen and oxygen atoms in total. The van der Waals surface area contributed by atoms with E-state index in [9.17, 15) is 4.39 Å².